The zero-order chi connectivity index (χ0) is 24.9. The standard InChI is InChI=1S/C28H27N3O4/c1-17-10-11-18(2)21(14-17)24-15-22(20-8-6-7-9-23(20)30-24)28(32)31-29-16-19-12-13-25(33-3)27(35-5)26(19)34-4/h6-16H,1-5H3,(H,31,32)/b29-16-. The van der Waals surface area contributed by atoms with Crippen molar-refractivity contribution in [1.29, 1.82) is 0 Å². The summed E-state index contributed by atoms with van der Waals surface area (Å²) in [6, 6.07) is 19.1. The number of nitrogens with zero attached hydrogens (tertiary/aromatic N) is 2. The van der Waals surface area contributed by atoms with Gasteiger partial charge in [0.2, 0.25) is 5.75 Å². The first-order valence-electron chi connectivity index (χ1n) is 11.1. The first-order valence-corrected chi connectivity index (χ1v) is 11.1. The van der Waals surface area contributed by atoms with Crippen LogP contribution in [-0.2, 0) is 0 Å². The molecule has 7 heteroatoms. The molecule has 4 aromatic rings. The molecule has 7 nitrogen and oxygen atoms in total. The van der Waals surface area contributed by atoms with E-state index in [0.717, 1.165) is 33.3 Å². The van der Waals surface area contributed by atoms with Gasteiger partial charge in [-0.05, 0) is 49.7 Å². The van der Waals surface area contributed by atoms with E-state index in [2.05, 4.69) is 28.7 Å². The van der Waals surface area contributed by atoms with Gasteiger partial charge in [-0.1, -0.05) is 35.9 Å². The number of rotatable bonds is 7. The number of hydrogen-bond acceptors (Lipinski definition) is 6. The lowest BCUT2D eigenvalue weighted by Crippen LogP contribution is -2.18. The Morgan fingerprint density at radius 2 is 1.69 bits per heavy atom. The maximum Gasteiger partial charge on any atom is 0.272 e. The van der Waals surface area contributed by atoms with E-state index < -0.39 is 0 Å². The van der Waals surface area contributed by atoms with Gasteiger partial charge in [-0.25, -0.2) is 10.4 Å². The molecule has 4 rings (SSSR count). The molecular formula is C28H27N3O4. The SMILES string of the molecule is COc1ccc(/C=N\NC(=O)c2cc(-c3cc(C)ccc3C)nc3ccccc23)c(OC)c1OC. The number of hydrogen-bond donors (Lipinski definition) is 1. The van der Waals surface area contributed by atoms with E-state index in [-0.39, 0.29) is 5.91 Å². The van der Waals surface area contributed by atoms with Crippen LogP contribution in [0.15, 0.2) is 65.8 Å². The fraction of sp³-hybridized carbons (Fsp3) is 0.179. The van der Waals surface area contributed by atoms with Gasteiger partial charge in [-0.2, -0.15) is 5.10 Å². The van der Waals surface area contributed by atoms with Crippen LogP contribution in [0.3, 0.4) is 0 Å². The number of fused-ring (bicyclic) bond motifs is 1. The molecule has 0 unspecified atom stereocenters. The van der Waals surface area contributed by atoms with Crippen molar-refractivity contribution in [1.82, 2.24) is 10.4 Å². The van der Waals surface area contributed by atoms with Crippen LogP contribution in [0.5, 0.6) is 17.2 Å². The first kappa shape index (κ1) is 23.8. The van der Waals surface area contributed by atoms with Crippen LogP contribution in [0.4, 0.5) is 0 Å². The molecule has 0 fully saturated rings. The number of nitrogens with one attached hydrogen (secondary N) is 1. The highest BCUT2D eigenvalue weighted by atomic mass is 16.5. The molecule has 0 bridgehead atoms. The number of benzene rings is 3. The fourth-order valence-electron chi connectivity index (χ4n) is 3.96. The van der Waals surface area contributed by atoms with Crippen LogP contribution in [0, 0.1) is 13.8 Å². The van der Waals surface area contributed by atoms with Crippen LogP contribution in [0.1, 0.15) is 27.0 Å². The van der Waals surface area contributed by atoms with Crippen molar-refractivity contribution >= 4 is 23.0 Å². The van der Waals surface area contributed by atoms with Gasteiger partial charge < -0.3 is 14.2 Å². The van der Waals surface area contributed by atoms with Gasteiger partial charge in [0.05, 0.1) is 44.3 Å². The molecule has 3 aromatic carbocycles. The van der Waals surface area contributed by atoms with E-state index in [9.17, 15) is 4.79 Å². The molecule has 1 aromatic heterocycles. The molecule has 1 amide bonds. The Morgan fingerprint density at radius 3 is 2.43 bits per heavy atom. The minimum atomic E-state index is -0.342. The quantitative estimate of drug-likeness (QED) is 0.293. The highest BCUT2D eigenvalue weighted by Gasteiger charge is 2.16. The Hall–Kier alpha value is -4.39. The summed E-state index contributed by atoms with van der Waals surface area (Å²) < 4.78 is 16.2. The number of hydrazone groups is 1. The average molecular weight is 470 g/mol. The molecular weight excluding hydrogens is 442 g/mol. The van der Waals surface area contributed by atoms with Crippen LogP contribution >= 0.6 is 0 Å². The highest BCUT2D eigenvalue weighted by Crippen LogP contribution is 2.39. The van der Waals surface area contributed by atoms with Gasteiger partial charge in [0.15, 0.2) is 11.5 Å². The maximum absolute atomic E-state index is 13.2. The predicted octanol–water partition coefficient (Wildman–Crippen LogP) is 5.31. The molecule has 0 radical (unpaired) electrons. The molecule has 0 saturated carbocycles. The van der Waals surface area contributed by atoms with Crippen LogP contribution in [-0.4, -0.2) is 38.4 Å². The van der Waals surface area contributed by atoms with Crippen LogP contribution in [0.25, 0.3) is 22.2 Å². The van der Waals surface area contributed by atoms with E-state index >= 15 is 0 Å². The predicted molar refractivity (Wildman–Crippen MR) is 138 cm³/mol. The van der Waals surface area contributed by atoms with Crippen molar-refractivity contribution in [3.8, 4) is 28.5 Å². The monoisotopic (exact) mass is 469 g/mol. The van der Waals surface area contributed by atoms with E-state index in [4.69, 9.17) is 19.2 Å². The van der Waals surface area contributed by atoms with Crippen molar-refractivity contribution in [2.75, 3.05) is 21.3 Å². The molecule has 35 heavy (non-hydrogen) atoms. The van der Waals surface area contributed by atoms with Crippen LogP contribution in [0.2, 0.25) is 0 Å². The van der Waals surface area contributed by atoms with E-state index in [1.165, 1.54) is 20.4 Å². The summed E-state index contributed by atoms with van der Waals surface area (Å²) in [5, 5.41) is 4.93. The minimum Gasteiger partial charge on any atom is -0.493 e. The zero-order valence-electron chi connectivity index (χ0n) is 20.4. The van der Waals surface area contributed by atoms with Gasteiger partial charge in [0.25, 0.3) is 5.91 Å². The lowest BCUT2D eigenvalue weighted by atomic mass is 9.99. The van der Waals surface area contributed by atoms with E-state index in [1.807, 2.05) is 44.2 Å². The van der Waals surface area contributed by atoms with Gasteiger partial charge >= 0.3 is 0 Å². The average Bonchev–Trinajstić information content (AvgIpc) is 2.88. The number of amides is 1. The van der Waals surface area contributed by atoms with Gasteiger partial charge in [-0.3, -0.25) is 4.79 Å². The number of aromatic nitrogens is 1. The lowest BCUT2D eigenvalue weighted by molar-refractivity contribution is 0.0956. The molecule has 1 heterocycles. The second-order valence-electron chi connectivity index (χ2n) is 8.01. The Bertz CT molecular complexity index is 1430. The third-order valence-corrected chi connectivity index (χ3v) is 5.73. The zero-order valence-corrected chi connectivity index (χ0v) is 20.4. The summed E-state index contributed by atoms with van der Waals surface area (Å²) in [7, 11) is 4.62. The summed E-state index contributed by atoms with van der Waals surface area (Å²) in [4.78, 5) is 18.0. The number of aryl methyl sites for hydroxylation is 2. The first-order chi connectivity index (χ1) is 17.0. The number of pyridine rings is 1. The topological polar surface area (TPSA) is 82.0 Å². The summed E-state index contributed by atoms with van der Waals surface area (Å²) in [5.41, 5.74) is 8.43. The second-order valence-corrected chi connectivity index (χ2v) is 8.01. The molecule has 0 aliphatic heterocycles. The van der Waals surface area contributed by atoms with E-state index in [1.54, 1.807) is 19.2 Å². The van der Waals surface area contributed by atoms with Gasteiger partial charge in [0.1, 0.15) is 0 Å². The van der Waals surface area contributed by atoms with Crippen molar-refractivity contribution in [3.63, 3.8) is 0 Å². The summed E-state index contributed by atoms with van der Waals surface area (Å²) in [6.45, 7) is 4.07. The number of carbonyl (C=O) groups excluding carboxylic acids is 1. The number of ether oxygens (including phenoxy) is 3. The Balaban J connectivity index is 1.69. The molecule has 1 N–H and O–H groups in total. The van der Waals surface area contributed by atoms with Gasteiger partial charge in [0, 0.05) is 16.5 Å². The number of methoxy groups -OCH3 is 3. The summed E-state index contributed by atoms with van der Waals surface area (Å²) in [6.07, 6.45) is 1.51. The number of carbonyl (C=O) groups is 1. The highest BCUT2D eigenvalue weighted by molar-refractivity contribution is 6.07. The summed E-state index contributed by atoms with van der Waals surface area (Å²) in [5.74, 6) is 1.10. The Labute approximate surface area is 204 Å². The molecule has 178 valence electrons. The fourth-order valence-corrected chi connectivity index (χ4v) is 3.96. The third-order valence-electron chi connectivity index (χ3n) is 5.73. The largest absolute Gasteiger partial charge is 0.493 e. The second kappa shape index (κ2) is 10.3. The molecule has 0 atom stereocenters. The Kier molecular flexibility index (Phi) is 6.96. The minimum absolute atomic E-state index is 0.342. The smallest absolute Gasteiger partial charge is 0.272 e. The number of para-hydroxylation sites is 1. The van der Waals surface area contributed by atoms with Crippen molar-refractivity contribution in [3.05, 3.63) is 82.9 Å². The normalized spacial score (nSPS) is 11.0. The lowest BCUT2D eigenvalue weighted by Gasteiger charge is -2.13. The van der Waals surface area contributed by atoms with Crippen molar-refractivity contribution in [2.45, 2.75) is 13.8 Å². The Morgan fingerprint density at radius 1 is 0.914 bits per heavy atom. The maximum atomic E-state index is 13.2. The van der Waals surface area contributed by atoms with Crippen molar-refractivity contribution in [2.24, 2.45) is 5.10 Å². The van der Waals surface area contributed by atoms with Crippen LogP contribution < -0.4 is 19.6 Å². The molecule has 0 spiro atoms. The van der Waals surface area contributed by atoms with E-state index in [0.29, 0.717) is 28.4 Å². The van der Waals surface area contributed by atoms with Gasteiger partial charge in [-0.15, -0.1) is 0 Å². The van der Waals surface area contributed by atoms with Crippen molar-refractivity contribution < 1.29 is 19.0 Å². The molecule has 0 aliphatic rings. The molecule has 0 aliphatic carbocycles. The molecule has 0 saturated heterocycles. The third kappa shape index (κ3) is 4.80. The summed E-state index contributed by atoms with van der Waals surface area (Å²) >= 11 is 0.